The lowest BCUT2D eigenvalue weighted by Gasteiger charge is -2.32. The van der Waals surface area contributed by atoms with E-state index in [1.807, 2.05) is 29.2 Å². The van der Waals surface area contributed by atoms with Crippen LogP contribution < -0.4 is 5.73 Å². The lowest BCUT2D eigenvalue weighted by Crippen LogP contribution is -2.47. The SMILES string of the molecule is CN1CCN(C(=O)CCc2ccccc2N)CC1. The highest BCUT2D eigenvalue weighted by Gasteiger charge is 2.18. The fourth-order valence-electron chi connectivity index (χ4n) is 2.22. The van der Waals surface area contributed by atoms with Crippen molar-refractivity contribution < 1.29 is 4.79 Å². The number of nitrogens with zero attached hydrogens (tertiary/aromatic N) is 2. The molecule has 0 radical (unpaired) electrons. The molecule has 1 fully saturated rings. The van der Waals surface area contributed by atoms with Crippen LogP contribution in [0.1, 0.15) is 12.0 Å². The molecule has 18 heavy (non-hydrogen) atoms. The summed E-state index contributed by atoms with van der Waals surface area (Å²) >= 11 is 0. The highest BCUT2D eigenvalue weighted by atomic mass is 16.2. The normalized spacial score (nSPS) is 16.8. The van der Waals surface area contributed by atoms with E-state index < -0.39 is 0 Å². The van der Waals surface area contributed by atoms with Crippen LogP contribution >= 0.6 is 0 Å². The van der Waals surface area contributed by atoms with E-state index in [1.54, 1.807) is 0 Å². The number of anilines is 1. The Kier molecular flexibility index (Phi) is 4.20. The summed E-state index contributed by atoms with van der Waals surface area (Å²) in [5.41, 5.74) is 7.72. The number of nitrogen functional groups attached to an aromatic ring is 1. The van der Waals surface area contributed by atoms with E-state index in [0.29, 0.717) is 6.42 Å². The maximum absolute atomic E-state index is 12.1. The number of para-hydroxylation sites is 1. The van der Waals surface area contributed by atoms with Crippen LogP contribution in [0.4, 0.5) is 5.69 Å². The smallest absolute Gasteiger partial charge is 0.222 e. The number of hydrogen-bond donors (Lipinski definition) is 1. The van der Waals surface area contributed by atoms with Crippen molar-refractivity contribution in [1.29, 1.82) is 0 Å². The van der Waals surface area contributed by atoms with Gasteiger partial charge in [-0.15, -0.1) is 0 Å². The van der Waals surface area contributed by atoms with Gasteiger partial charge < -0.3 is 15.5 Å². The quantitative estimate of drug-likeness (QED) is 0.810. The molecule has 1 aliphatic heterocycles. The molecular weight excluding hydrogens is 226 g/mol. The largest absolute Gasteiger partial charge is 0.399 e. The number of benzene rings is 1. The van der Waals surface area contributed by atoms with E-state index in [4.69, 9.17) is 5.73 Å². The Morgan fingerprint density at radius 2 is 1.89 bits per heavy atom. The molecule has 1 saturated heterocycles. The zero-order valence-corrected chi connectivity index (χ0v) is 10.9. The van der Waals surface area contributed by atoms with Gasteiger partial charge in [0.2, 0.25) is 5.91 Å². The molecule has 0 bridgehead atoms. The molecule has 0 unspecified atom stereocenters. The molecular formula is C14H21N3O. The van der Waals surface area contributed by atoms with Gasteiger partial charge in [-0.1, -0.05) is 18.2 Å². The van der Waals surface area contributed by atoms with Gasteiger partial charge in [0.1, 0.15) is 0 Å². The van der Waals surface area contributed by atoms with E-state index in [0.717, 1.165) is 43.9 Å². The lowest BCUT2D eigenvalue weighted by atomic mass is 10.1. The minimum Gasteiger partial charge on any atom is -0.399 e. The van der Waals surface area contributed by atoms with Gasteiger partial charge >= 0.3 is 0 Å². The minimum absolute atomic E-state index is 0.242. The second-order valence-corrected chi connectivity index (χ2v) is 4.88. The molecule has 4 nitrogen and oxygen atoms in total. The summed E-state index contributed by atoms with van der Waals surface area (Å²) in [6, 6.07) is 7.76. The van der Waals surface area contributed by atoms with Crippen LogP contribution in [0.2, 0.25) is 0 Å². The molecule has 0 spiro atoms. The summed E-state index contributed by atoms with van der Waals surface area (Å²) in [5, 5.41) is 0. The van der Waals surface area contributed by atoms with E-state index >= 15 is 0 Å². The molecule has 1 amide bonds. The Bertz CT molecular complexity index is 411. The van der Waals surface area contributed by atoms with Crippen molar-refractivity contribution in [2.24, 2.45) is 0 Å². The van der Waals surface area contributed by atoms with Gasteiger partial charge in [0.05, 0.1) is 0 Å². The molecule has 1 aliphatic rings. The number of amides is 1. The first-order chi connectivity index (χ1) is 8.66. The first-order valence-corrected chi connectivity index (χ1v) is 6.46. The molecule has 0 saturated carbocycles. The molecule has 0 aliphatic carbocycles. The third-order valence-electron chi connectivity index (χ3n) is 3.52. The zero-order valence-electron chi connectivity index (χ0n) is 10.9. The average molecular weight is 247 g/mol. The van der Waals surface area contributed by atoms with Crippen molar-refractivity contribution in [2.45, 2.75) is 12.8 Å². The van der Waals surface area contributed by atoms with Gasteiger partial charge in [-0.05, 0) is 25.1 Å². The summed E-state index contributed by atoms with van der Waals surface area (Å²) in [6.45, 7) is 3.64. The number of aryl methyl sites for hydroxylation is 1. The van der Waals surface area contributed by atoms with E-state index in [9.17, 15) is 4.79 Å². The van der Waals surface area contributed by atoms with Crippen LogP contribution in [-0.4, -0.2) is 48.9 Å². The maximum Gasteiger partial charge on any atom is 0.222 e. The summed E-state index contributed by atoms with van der Waals surface area (Å²) in [4.78, 5) is 16.3. The number of piperazine rings is 1. The van der Waals surface area contributed by atoms with Crippen molar-refractivity contribution in [1.82, 2.24) is 9.80 Å². The zero-order chi connectivity index (χ0) is 13.0. The van der Waals surface area contributed by atoms with Crippen molar-refractivity contribution in [3.05, 3.63) is 29.8 Å². The summed E-state index contributed by atoms with van der Waals surface area (Å²) in [5.74, 6) is 0.242. The highest BCUT2D eigenvalue weighted by molar-refractivity contribution is 5.76. The molecule has 2 rings (SSSR count). The predicted octanol–water partition coefficient (Wildman–Crippen LogP) is 0.975. The van der Waals surface area contributed by atoms with Crippen LogP contribution in [0, 0.1) is 0 Å². The molecule has 4 heteroatoms. The van der Waals surface area contributed by atoms with Crippen LogP contribution in [0.25, 0.3) is 0 Å². The first-order valence-electron chi connectivity index (χ1n) is 6.46. The number of hydrogen-bond acceptors (Lipinski definition) is 3. The third-order valence-corrected chi connectivity index (χ3v) is 3.52. The minimum atomic E-state index is 0.242. The van der Waals surface area contributed by atoms with Crippen molar-refractivity contribution >= 4 is 11.6 Å². The van der Waals surface area contributed by atoms with Gasteiger partial charge in [-0.3, -0.25) is 4.79 Å². The summed E-state index contributed by atoms with van der Waals surface area (Å²) < 4.78 is 0. The van der Waals surface area contributed by atoms with Gasteiger partial charge in [-0.2, -0.15) is 0 Å². The Labute approximate surface area is 108 Å². The highest BCUT2D eigenvalue weighted by Crippen LogP contribution is 2.13. The second kappa shape index (κ2) is 5.87. The molecule has 98 valence electrons. The van der Waals surface area contributed by atoms with Gasteiger partial charge in [0.25, 0.3) is 0 Å². The Morgan fingerprint density at radius 3 is 2.56 bits per heavy atom. The average Bonchev–Trinajstić information content (AvgIpc) is 2.38. The lowest BCUT2D eigenvalue weighted by molar-refractivity contribution is -0.132. The fraction of sp³-hybridized carbons (Fsp3) is 0.500. The van der Waals surface area contributed by atoms with Crippen LogP contribution in [-0.2, 0) is 11.2 Å². The number of rotatable bonds is 3. The van der Waals surface area contributed by atoms with E-state index in [2.05, 4.69) is 11.9 Å². The van der Waals surface area contributed by atoms with Crippen molar-refractivity contribution in [2.75, 3.05) is 39.0 Å². The molecule has 1 aromatic carbocycles. The van der Waals surface area contributed by atoms with Crippen molar-refractivity contribution in [3.63, 3.8) is 0 Å². The molecule has 1 heterocycles. The molecule has 2 N–H and O–H groups in total. The molecule has 0 atom stereocenters. The third kappa shape index (κ3) is 3.23. The van der Waals surface area contributed by atoms with Crippen LogP contribution in [0.15, 0.2) is 24.3 Å². The second-order valence-electron chi connectivity index (χ2n) is 4.88. The maximum atomic E-state index is 12.1. The van der Waals surface area contributed by atoms with Gasteiger partial charge in [0.15, 0.2) is 0 Å². The fourth-order valence-corrected chi connectivity index (χ4v) is 2.22. The van der Waals surface area contributed by atoms with Crippen LogP contribution in [0.3, 0.4) is 0 Å². The molecule has 0 aromatic heterocycles. The summed E-state index contributed by atoms with van der Waals surface area (Å²) in [7, 11) is 2.09. The van der Waals surface area contributed by atoms with Gasteiger partial charge in [-0.25, -0.2) is 0 Å². The molecule has 1 aromatic rings. The van der Waals surface area contributed by atoms with E-state index in [-0.39, 0.29) is 5.91 Å². The number of carbonyl (C=O) groups excluding carboxylic acids is 1. The van der Waals surface area contributed by atoms with Crippen molar-refractivity contribution in [3.8, 4) is 0 Å². The Balaban J connectivity index is 1.83. The van der Waals surface area contributed by atoms with E-state index in [1.165, 1.54) is 0 Å². The van der Waals surface area contributed by atoms with Crippen LogP contribution in [0.5, 0.6) is 0 Å². The predicted molar refractivity (Wildman–Crippen MR) is 73.3 cm³/mol. The topological polar surface area (TPSA) is 49.6 Å². The number of carbonyl (C=O) groups is 1. The number of likely N-dealkylation sites (N-methyl/N-ethyl adjacent to an activating group) is 1. The van der Waals surface area contributed by atoms with Gasteiger partial charge in [0, 0.05) is 38.3 Å². The Morgan fingerprint density at radius 1 is 1.22 bits per heavy atom. The summed E-state index contributed by atoms with van der Waals surface area (Å²) in [6.07, 6.45) is 1.29. The first kappa shape index (κ1) is 12.9. The number of nitrogens with two attached hydrogens (primary N) is 1. The monoisotopic (exact) mass is 247 g/mol. The Hall–Kier alpha value is -1.55. The standard InChI is InChI=1S/C14H21N3O/c1-16-8-10-17(11-9-16)14(18)7-6-12-4-2-3-5-13(12)15/h2-5H,6-11,15H2,1H3.